The molecule has 1 aromatic carbocycles. The molecule has 166 valence electrons. The summed E-state index contributed by atoms with van der Waals surface area (Å²) in [4.78, 5) is 38.0. The zero-order valence-corrected chi connectivity index (χ0v) is 19.6. The summed E-state index contributed by atoms with van der Waals surface area (Å²) in [6.45, 7) is 7.63. The second kappa shape index (κ2) is 11.3. The molecule has 2 N–H and O–H groups in total. The first kappa shape index (κ1) is 24.2. The van der Waals surface area contributed by atoms with Gasteiger partial charge < -0.3 is 20.3 Å². The Balaban J connectivity index is 1.61. The minimum absolute atomic E-state index is 0.0986. The van der Waals surface area contributed by atoms with Crippen LogP contribution in [0.4, 0.5) is 4.79 Å². The van der Waals surface area contributed by atoms with E-state index >= 15 is 0 Å². The Morgan fingerprint density at radius 3 is 2.43 bits per heavy atom. The van der Waals surface area contributed by atoms with E-state index in [1.54, 1.807) is 20.8 Å². The van der Waals surface area contributed by atoms with Gasteiger partial charge in [0.05, 0.1) is 6.42 Å². The number of nitrogens with one attached hydrogen (secondary N) is 2. The lowest BCUT2D eigenvalue weighted by Gasteiger charge is -2.32. The Kier molecular flexibility index (Phi) is 9.14. The standard InChI is InChI=1S/C22H32BrN3O4/c1-22(2,3)30-21(29)24-11-8-19(27)25-15-16-9-12-26(13-10-16)20(28)14-17-6-4-5-7-18(17)23/h4-7,16H,8-15H2,1-3H3,(H,24,29)(H,25,27). The van der Waals surface area contributed by atoms with Crippen molar-refractivity contribution >= 4 is 33.8 Å². The Morgan fingerprint density at radius 2 is 1.80 bits per heavy atom. The van der Waals surface area contributed by atoms with E-state index in [1.165, 1.54) is 0 Å². The molecule has 0 spiro atoms. The fourth-order valence-electron chi connectivity index (χ4n) is 3.24. The van der Waals surface area contributed by atoms with E-state index in [-0.39, 0.29) is 24.8 Å². The molecule has 0 aliphatic carbocycles. The molecule has 1 saturated heterocycles. The van der Waals surface area contributed by atoms with Gasteiger partial charge in [-0.15, -0.1) is 0 Å². The van der Waals surface area contributed by atoms with Crippen LogP contribution >= 0.6 is 15.9 Å². The van der Waals surface area contributed by atoms with Crippen LogP contribution in [0.25, 0.3) is 0 Å². The topological polar surface area (TPSA) is 87.7 Å². The number of piperidine rings is 1. The van der Waals surface area contributed by atoms with E-state index in [0.717, 1.165) is 22.9 Å². The fourth-order valence-corrected chi connectivity index (χ4v) is 3.67. The number of amides is 3. The van der Waals surface area contributed by atoms with Gasteiger partial charge in [-0.25, -0.2) is 4.79 Å². The molecule has 7 nitrogen and oxygen atoms in total. The fraction of sp³-hybridized carbons (Fsp3) is 0.591. The van der Waals surface area contributed by atoms with Gasteiger partial charge in [-0.05, 0) is 51.2 Å². The van der Waals surface area contributed by atoms with E-state index < -0.39 is 11.7 Å². The van der Waals surface area contributed by atoms with Crippen molar-refractivity contribution in [1.29, 1.82) is 0 Å². The molecule has 1 aromatic rings. The first-order chi connectivity index (χ1) is 14.1. The molecule has 0 unspecified atom stereocenters. The maximum Gasteiger partial charge on any atom is 0.407 e. The molecule has 1 aliphatic heterocycles. The van der Waals surface area contributed by atoms with Crippen LogP contribution < -0.4 is 10.6 Å². The summed E-state index contributed by atoms with van der Waals surface area (Å²) in [5, 5.41) is 5.51. The van der Waals surface area contributed by atoms with Crippen LogP contribution in [0.15, 0.2) is 28.7 Å². The smallest absolute Gasteiger partial charge is 0.407 e. The average Bonchev–Trinajstić information content (AvgIpc) is 2.67. The van der Waals surface area contributed by atoms with Crippen molar-refractivity contribution in [2.75, 3.05) is 26.2 Å². The second-order valence-corrected chi connectivity index (χ2v) is 9.43. The van der Waals surface area contributed by atoms with E-state index in [2.05, 4.69) is 26.6 Å². The average molecular weight is 482 g/mol. The van der Waals surface area contributed by atoms with Crippen LogP contribution in [0.1, 0.15) is 45.6 Å². The van der Waals surface area contributed by atoms with Crippen molar-refractivity contribution in [3.63, 3.8) is 0 Å². The summed E-state index contributed by atoms with van der Waals surface area (Å²) in [6.07, 6.45) is 1.83. The lowest BCUT2D eigenvalue weighted by Crippen LogP contribution is -2.42. The molecule has 1 heterocycles. The molecular formula is C22H32BrN3O4. The van der Waals surface area contributed by atoms with Gasteiger partial charge >= 0.3 is 6.09 Å². The summed E-state index contributed by atoms with van der Waals surface area (Å²) in [5.74, 6) is 0.399. The molecule has 8 heteroatoms. The highest BCUT2D eigenvalue weighted by Gasteiger charge is 2.23. The summed E-state index contributed by atoms with van der Waals surface area (Å²) >= 11 is 3.49. The first-order valence-corrected chi connectivity index (χ1v) is 11.2. The number of alkyl carbamates (subject to hydrolysis) is 1. The highest BCUT2D eigenvalue weighted by atomic mass is 79.9. The normalized spacial score (nSPS) is 14.9. The van der Waals surface area contributed by atoms with Crippen molar-refractivity contribution < 1.29 is 19.1 Å². The minimum atomic E-state index is -0.555. The quantitative estimate of drug-likeness (QED) is 0.625. The molecule has 30 heavy (non-hydrogen) atoms. The summed E-state index contributed by atoms with van der Waals surface area (Å²) in [6, 6.07) is 7.78. The van der Waals surface area contributed by atoms with Crippen molar-refractivity contribution in [3.8, 4) is 0 Å². The van der Waals surface area contributed by atoms with Gasteiger partial charge in [-0.3, -0.25) is 9.59 Å². The SMILES string of the molecule is CC(C)(C)OC(=O)NCCC(=O)NCC1CCN(C(=O)Cc2ccccc2Br)CC1. The highest BCUT2D eigenvalue weighted by molar-refractivity contribution is 9.10. The molecule has 2 rings (SSSR count). The second-order valence-electron chi connectivity index (χ2n) is 8.58. The molecule has 0 aromatic heterocycles. The Morgan fingerprint density at radius 1 is 1.13 bits per heavy atom. The van der Waals surface area contributed by atoms with Crippen LogP contribution in [0, 0.1) is 5.92 Å². The predicted octanol–water partition coefficient (Wildman–Crippen LogP) is 3.26. The van der Waals surface area contributed by atoms with Crippen molar-refractivity contribution in [2.45, 2.75) is 52.1 Å². The Labute approximate surface area is 187 Å². The molecule has 0 saturated carbocycles. The maximum atomic E-state index is 12.5. The van der Waals surface area contributed by atoms with E-state index in [0.29, 0.717) is 32.0 Å². The summed E-state index contributed by atoms with van der Waals surface area (Å²) < 4.78 is 6.09. The number of nitrogens with zero attached hydrogens (tertiary/aromatic N) is 1. The van der Waals surface area contributed by atoms with Gasteiger partial charge in [0.15, 0.2) is 0 Å². The largest absolute Gasteiger partial charge is 0.444 e. The third kappa shape index (κ3) is 8.73. The van der Waals surface area contributed by atoms with E-state index in [1.807, 2.05) is 29.2 Å². The number of rotatable bonds is 7. The summed E-state index contributed by atoms with van der Waals surface area (Å²) in [7, 11) is 0. The lowest BCUT2D eigenvalue weighted by atomic mass is 9.96. The van der Waals surface area contributed by atoms with Crippen LogP contribution in [-0.2, 0) is 20.7 Å². The van der Waals surface area contributed by atoms with E-state index in [4.69, 9.17) is 4.74 Å². The number of carbonyl (C=O) groups excluding carboxylic acids is 3. The third-order valence-corrected chi connectivity index (χ3v) is 5.65. The number of hydrogen-bond acceptors (Lipinski definition) is 4. The molecule has 0 atom stereocenters. The monoisotopic (exact) mass is 481 g/mol. The van der Waals surface area contributed by atoms with Crippen LogP contribution in [-0.4, -0.2) is 54.6 Å². The van der Waals surface area contributed by atoms with Gasteiger partial charge in [0.25, 0.3) is 0 Å². The van der Waals surface area contributed by atoms with Gasteiger partial charge in [-0.2, -0.15) is 0 Å². The number of carbonyl (C=O) groups is 3. The number of hydrogen-bond donors (Lipinski definition) is 2. The zero-order valence-electron chi connectivity index (χ0n) is 18.0. The number of ether oxygens (including phenoxy) is 1. The van der Waals surface area contributed by atoms with E-state index in [9.17, 15) is 14.4 Å². The zero-order chi connectivity index (χ0) is 22.1. The predicted molar refractivity (Wildman–Crippen MR) is 119 cm³/mol. The highest BCUT2D eigenvalue weighted by Crippen LogP contribution is 2.20. The molecular weight excluding hydrogens is 450 g/mol. The van der Waals surface area contributed by atoms with Gasteiger partial charge in [0.2, 0.25) is 11.8 Å². The molecule has 1 aliphatic rings. The molecule has 1 fully saturated rings. The van der Waals surface area contributed by atoms with Gasteiger partial charge in [0, 0.05) is 37.1 Å². The summed E-state index contributed by atoms with van der Waals surface area (Å²) in [5.41, 5.74) is 0.442. The van der Waals surface area contributed by atoms with Gasteiger partial charge in [-0.1, -0.05) is 34.1 Å². The minimum Gasteiger partial charge on any atom is -0.444 e. The maximum absolute atomic E-state index is 12.5. The molecule has 0 bridgehead atoms. The Bertz CT molecular complexity index is 740. The van der Waals surface area contributed by atoms with Gasteiger partial charge in [0.1, 0.15) is 5.60 Å². The van der Waals surface area contributed by atoms with Crippen molar-refractivity contribution in [2.24, 2.45) is 5.92 Å². The lowest BCUT2D eigenvalue weighted by molar-refractivity contribution is -0.132. The Hall–Kier alpha value is -2.09. The molecule has 3 amide bonds. The first-order valence-electron chi connectivity index (χ1n) is 10.4. The van der Waals surface area contributed by atoms with Crippen molar-refractivity contribution in [1.82, 2.24) is 15.5 Å². The number of likely N-dealkylation sites (tertiary alicyclic amines) is 1. The molecule has 0 radical (unpaired) electrons. The van der Waals surface area contributed by atoms with Crippen molar-refractivity contribution in [3.05, 3.63) is 34.3 Å². The number of benzene rings is 1. The number of halogens is 1. The van der Waals surface area contributed by atoms with Crippen LogP contribution in [0.3, 0.4) is 0 Å². The van der Waals surface area contributed by atoms with Crippen LogP contribution in [0.2, 0.25) is 0 Å². The third-order valence-electron chi connectivity index (χ3n) is 4.87. The van der Waals surface area contributed by atoms with Crippen LogP contribution in [0.5, 0.6) is 0 Å².